The first-order valence-corrected chi connectivity index (χ1v) is 13.9. The lowest BCUT2D eigenvalue weighted by Gasteiger charge is -2.34. The van der Waals surface area contributed by atoms with E-state index in [1.165, 1.54) is 11.3 Å². The van der Waals surface area contributed by atoms with Gasteiger partial charge in [0.25, 0.3) is 5.91 Å². The average molecular weight is 557 g/mol. The van der Waals surface area contributed by atoms with Crippen LogP contribution >= 0.6 is 0 Å². The molecule has 5 heterocycles. The number of anilines is 2. The van der Waals surface area contributed by atoms with E-state index >= 15 is 0 Å². The number of benzene rings is 1. The molecule has 2 fully saturated rings. The Bertz CT molecular complexity index is 1690. The van der Waals surface area contributed by atoms with Crippen LogP contribution in [0.3, 0.4) is 0 Å². The highest BCUT2D eigenvalue weighted by molar-refractivity contribution is 6.10. The second kappa shape index (κ2) is 9.53. The standard InChI is InChI=1S/C30H29FN6O4/c1-17-7-8-18-15-36(28(39)26(18)27(17)31)16-30(12-25(38)35-29(30)40)23-11-21-22(41-23)9-10-24(34-21)37(20-13-32-33-14-20)19-5-3-2-4-6-19/h7-11,13-14,19H,2-6,12,15-16H2,1H3,(H,32,33)(H,35,38,40)/t30-/m1/s1. The van der Waals surface area contributed by atoms with Crippen LogP contribution in [0.5, 0.6) is 0 Å². The van der Waals surface area contributed by atoms with Gasteiger partial charge in [-0.15, -0.1) is 0 Å². The van der Waals surface area contributed by atoms with Crippen molar-refractivity contribution in [3.63, 3.8) is 0 Å². The molecule has 0 spiro atoms. The predicted octanol–water partition coefficient (Wildman–Crippen LogP) is 4.41. The van der Waals surface area contributed by atoms with Gasteiger partial charge >= 0.3 is 0 Å². The van der Waals surface area contributed by atoms with Crippen molar-refractivity contribution in [3.8, 4) is 0 Å². The Morgan fingerprint density at radius 2 is 1.98 bits per heavy atom. The number of fused-ring (bicyclic) bond motifs is 2. The normalized spacial score (nSPS) is 21.1. The molecule has 11 heteroatoms. The van der Waals surface area contributed by atoms with Gasteiger partial charge in [-0.2, -0.15) is 5.10 Å². The van der Waals surface area contributed by atoms with Gasteiger partial charge in [-0.25, -0.2) is 9.37 Å². The lowest BCUT2D eigenvalue weighted by atomic mass is 9.82. The third kappa shape index (κ3) is 4.10. The van der Waals surface area contributed by atoms with E-state index in [0.29, 0.717) is 22.2 Å². The molecule has 2 N–H and O–H groups in total. The van der Waals surface area contributed by atoms with E-state index in [-0.39, 0.29) is 36.9 Å². The summed E-state index contributed by atoms with van der Waals surface area (Å²) in [6.45, 7) is 1.61. The average Bonchev–Trinajstić information content (AvgIpc) is 3.75. The number of rotatable bonds is 6. The second-order valence-electron chi connectivity index (χ2n) is 11.3. The number of carbonyl (C=O) groups is 3. The summed E-state index contributed by atoms with van der Waals surface area (Å²) in [5.74, 6) is -1.10. The van der Waals surface area contributed by atoms with Crippen molar-refractivity contribution in [2.75, 3.05) is 11.4 Å². The van der Waals surface area contributed by atoms with Gasteiger partial charge in [0.2, 0.25) is 11.8 Å². The minimum absolute atomic E-state index is 0.0165. The van der Waals surface area contributed by atoms with Gasteiger partial charge < -0.3 is 14.2 Å². The quantitative estimate of drug-likeness (QED) is 0.337. The van der Waals surface area contributed by atoms with Crippen LogP contribution in [0.1, 0.15) is 65.8 Å². The molecule has 0 unspecified atom stereocenters. The molecule has 3 aromatic heterocycles. The molecule has 0 bridgehead atoms. The molecule has 41 heavy (non-hydrogen) atoms. The minimum atomic E-state index is -1.46. The van der Waals surface area contributed by atoms with Crippen LogP contribution < -0.4 is 10.2 Å². The molecule has 1 aliphatic carbocycles. The lowest BCUT2D eigenvalue weighted by molar-refractivity contribution is -0.127. The number of nitrogens with one attached hydrogen (secondary N) is 2. The smallest absolute Gasteiger partial charge is 0.257 e. The summed E-state index contributed by atoms with van der Waals surface area (Å²) in [5, 5.41) is 9.42. The van der Waals surface area contributed by atoms with Gasteiger partial charge in [0.05, 0.1) is 23.9 Å². The van der Waals surface area contributed by atoms with Crippen LogP contribution in [0.15, 0.2) is 47.1 Å². The van der Waals surface area contributed by atoms with Crippen molar-refractivity contribution >= 4 is 40.3 Å². The van der Waals surface area contributed by atoms with Crippen molar-refractivity contribution in [1.29, 1.82) is 0 Å². The number of aromatic nitrogens is 3. The van der Waals surface area contributed by atoms with Crippen LogP contribution in [-0.4, -0.2) is 50.4 Å². The van der Waals surface area contributed by atoms with Crippen LogP contribution in [0.25, 0.3) is 11.1 Å². The summed E-state index contributed by atoms with van der Waals surface area (Å²) in [7, 11) is 0. The number of halogens is 1. The summed E-state index contributed by atoms with van der Waals surface area (Å²) >= 11 is 0. The molecule has 3 aliphatic rings. The number of H-pyrrole nitrogens is 1. The van der Waals surface area contributed by atoms with Crippen molar-refractivity contribution in [2.24, 2.45) is 0 Å². The maximum Gasteiger partial charge on any atom is 0.257 e. The fourth-order valence-electron chi connectivity index (χ4n) is 6.55. The second-order valence-corrected chi connectivity index (χ2v) is 11.3. The molecule has 1 saturated carbocycles. The zero-order valence-electron chi connectivity index (χ0n) is 22.6. The monoisotopic (exact) mass is 556 g/mol. The van der Waals surface area contributed by atoms with Gasteiger partial charge in [-0.05, 0) is 43.0 Å². The fourth-order valence-corrected chi connectivity index (χ4v) is 6.55. The molecule has 1 atom stereocenters. The SMILES string of the molecule is Cc1ccc2c(c1F)C(=O)N(C[C@@]1(c3cc4nc(N(c5cn[nH]c5)C5CCCCC5)ccc4o3)CC(=O)NC1=O)C2. The molecule has 1 aromatic carbocycles. The Labute approximate surface area is 234 Å². The minimum Gasteiger partial charge on any atom is -0.458 e. The topological polar surface area (TPSA) is 124 Å². The summed E-state index contributed by atoms with van der Waals surface area (Å²) in [6, 6.07) is 9.01. The Kier molecular flexibility index (Phi) is 5.91. The number of nitrogens with zero attached hydrogens (tertiary/aromatic N) is 4. The molecule has 10 nitrogen and oxygen atoms in total. The first kappa shape index (κ1) is 25.4. The Hall–Kier alpha value is -4.54. The zero-order chi connectivity index (χ0) is 28.3. The largest absolute Gasteiger partial charge is 0.458 e. The number of hydrogen-bond acceptors (Lipinski definition) is 7. The van der Waals surface area contributed by atoms with E-state index in [1.54, 1.807) is 31.3 Å². The molecule has 210 valence electrons. The Morgan fingerprint density at radius 3 is 2.71 bits per heavy atom. The third-order valence-electron chi connectivity index (χ3n) is 8.67. The van der Waals surface area contributed by atoms with Crippen LogP contribution in [0.4, 0.5) is 15.9 Å². The third-order valence-corrected chi connectivity index (χ3v) is 8.67. The molecule has 4 aromatic rings. The number of aromatic amines is 1. The van der Waals surface area contributed by atoms with Crippen molar-refractivity contribution < 1.29 is 23.2 Å². The number of pyridine rings is 1. The van der Waals surface area contributed by atoms with Crippen molar-refractivity contribution in [2.45, 2.75) is 63.5 Å². The molecule has 2 aliphatic heterocycles. The Morgan fingerprint density at radius 1 is 1.15 bits per heavy atom. The number of amides is 3. The van der Waals surface area contributed by atoms with Gasteiger partial charge in [-0.1, -0.05) is 31.4 Å². The molecular weight excluding hydrogens is 527 g/mol. The van der Waals surface area contributed by atoms with Crippen molar-refractivity contribution in [3.05, 3.63) is 71.0 Å². The summed E-state index contributed by atoms with van der Waals surface area (Å²) in [4.78, 5) is 47.7. The molecule has 3 amide bonds. The highest BCUT2D eigenvalue weighted by Gasteiger charge is 2.53. The van der Waals surface area contributed by atoms with E-state index in [1.807, 2.05) is 18.3 Å². The first-order chi connectivity index (χ1) is 19.8. The van der Waals surface area contributed by atoms with E-state index in [2.05, 4.69) is 20.4 Å². The summed E-state index contributed by atoms with van der Waals surface area (Å²) in [6.07, 6.45) is 9.02. The first-order valence-electron chi connectivity index (χ1n) is 13.9. The van der Waals surface area contributed by atoms with E-state index in [9.17, 15) is 18.8 Å². The van der Waals surface area contributed by atoms with E-state index in [4.69, 9.17) is 9.40 Å². The van der Waals surface area contributed by atoms with Crippen LogP contribution in [0.2, 0.25) is 0 Å². The highest BCUT2D eigenvalue weighted by atomic mass is 19.1. The van der Waals surface area contributed by atoms with E-state index in [0.717, 1.165) is 37.2 Å². The van der Waals surface area contributed by atoms with E-state index < -0.39 is 29.0 Å². The number of furan rings is 1. The van der Waals surface area contributed by atoms with Crippen LogP contribution in [-0.2, 0) is 21.5 Å². The van der Waals surface area contributed by atoms with Gasteiger partial charge in [0.15, 0.2) is 5.58 Å². The number of imide groups is 1. The van der Waals surface area contributed by atoms with Crippen LogP contribution in [0, 0.1) is 12.7 Å². The van der Waals surface area contributed by atoms with Gasteiger partial charge in [0, 0.05) is 31.4 Å². The van der Waals surface area contributed by atoms with Gasteiger partial charge in [0.1, 0.15) is 28.3 Å². The van der Waals surface area contributed by atoms with Gasteiger partial charge in [-0.3, -0.25) is 24.8 Å². The maximum atomic E-state index is 14.9. The molecular formula is C30H29FN6O4. The number of hydrogen-bond donors (Lipinski definition) is 2. The maximum absolute atomic E-state index is 14.9. The molecule has 7 rings (SSSR count). The molecule has 0 radical (unpaired) electrons. The molecule has 1 saturated heterocycles. The number of aryl methyl sites for hydroxylation is 1. The lowest BCUT2D eigenvalue weighted by Crippen LogP contribution is -2.46. The Balaban J connectivity index is 1.26. The number of carbonyl (C=O) groups excluding carboxylic acids is 3. The predicted molar refractivity (Wildman–Crippen MR) is 147 cm³/mol. The summed E-state index contributed by atoms with van der Waals surface area (Å²) < 4.78 is 21.0. The zero-order valence-corrected chi connectivity index (χ0v) is 22.6. The fraction of sp³-hybridized carbons (Fsp3) is 0.367. The summed E-state index contributed by atoms with van der Waals surface area (Å²) in [5.41, 5.74) is 1.39. The van der Waals surface area contributed by atoms with Crippen molar-refractivity contribution in [1.82, 2.24) is 25.4 Å². The highest BCUT2D eigenvalue weighted by Crippen LogP contribution is 2.40.